The Hall–Kier alpha value is -1.69. The molecule has 0 unspecified atom stereocenters. The van der Waals surface area contributed by atoms with Crippen LogP contribution in [0.25, 0.3) is 6.08 Å². The molecule has 2 aromatic carbocycles. The number of nitrogens with one attached hydrogen (secondary N) is 1. The summed E-state index contributed by atoms with van der Waals surface area (Å²) in [6.45, 7) is 0. The summed E-state index contributed by atoms with van der Waals surface area (Å²) in [5, 5.41) is 2.78. The topological polar surface area (TPSA) is 29.1 Å². The van der Waals surface area contributed by atoms with Crippen LogP contribution in [0, 0.1) is 9.39 Å². The molecule has 0 aliphatic rings. The number of hydrogen-bond acceptors (Lipinski definition) is 1. The van der Waals surface area contributed by atoms with Crippen LogP contribution in [0.1, 0.15) is 5.56 Å². The van der Waals surface area contributed by atoms with Gasteiger partial charge in [0.05, 0.1) is 5.69 Å². The maximum absolute atomic E-state index is 12.7. The highest BCUT2D eigenvalue weighted by Gasteiger charge is 2.01. The molecular formula is C15H11FINO. The van der Waals surface area contributed by atoms with Crippen molar-refractivity contribution in [2.75, 3.05) is 5.32 Å². The van der Waals surface area contributed by atoms with Gasteiger partial charge in [0.15, 0.2) is 0 Å². The van der Waals surface area contributed by atoms with Gasteiger partial charge in [-0.05, 0) is 58.5 Å². The van der Waals surface area contributed by atoms with Crippen molar-refractivity contribution in [2.45, 2.75) is 0 Å². The standard InChI is InChI=1S/C15H11FINO/c16-12-8-5-11(6-9-12)7-10-15(19)18-14-4-2-1-3-13(14)17/h1-10H,(H,18,19). The highest BCUT2D eigenvalue weighted by Crippen LogP contribution is 2.16. The fraction of sp³-hybridized carbons (Fsp3) is 0. The first-order valence-electron chi connectivity index (χ1n) is 5.64. The van der Waals surface area contributed by atoms with Gasteiger partial charge in [-0.2, -0.15) is 0 Å². The van der Waals surface area contributed by atoms with E-state index < -0.39 is 0 Å². The summed E-state index contributed by atoms with van der Waals surface area (Å²) in [6.07, 6.45) is 3.07. The fourth-order valence-electron chi connectivity index (χ4n) is 1.48. The Morgan fingerprint density at radius 1 is 1.11 bits per heavy atom. The summed E-state index contributed by atoms with van der Waals surface area (Å²) in [7, 11) is 0. The Balaban J connectivity index is 2.02. The lowest BCUT2D eigenvalue weighted by Crippen LogP contribution is -2.08. The van der Waals surface area contributed by atoms with Crippen LogP contribution in [0.15, 0.2) is 54.6 Å². The van der Waals surface area contributed by atoms with Gasteiger partial charge in [0, 0.05) is 9.65 Å². The fourth-order valence-corrected chi connectivity index (χ4v) is 2.01. The molecule has 0 atom stereocenters. The van der Waals surface area contributed by atoms with Crippen LogP contribution in [0.3, 0.4) is 0 Å². The Morgan fingerprint density at radius 3 is 2.47 bits per heavy atom. The average molecular weight is 367 g/mol. The first kappa shape index (κ1) is 13.7. The molecule has 1 N–H and O–H groups in total. The van der Waals surface area contributed by atoms with Gasteiger partial charge in [-0.3, -0.25) is 4.79 Å². The van der Waals surface area contributed by atoms with Crippen LogP contribution in [0.4, 0.5) is 10.1 Å². The second kappa shape index (κ2) is 6.47. The van der Waals surface area contributed by atoms with E-state index in [1.807, 2.05) is 24.3 Å². The van der Waals surface area contributed by atoms with Gasteiger partial charge < -0.3 is 5.32 Å². The number of rotatable bonds is 3. The Labute approximate surface area is 124 Å². The number of amides is 1. The molecule has 0 aliphatic heterocycles. The van der Waals surface area contributed by atoms with Crippen molar-refractivity contribution >= 4 is 40.3 Å². The third-order valence-corrected chi connectivity index (χ3v) is 3.37. The molecule has 96 valence electrons. The van der Waals surface area contributed by atoms with E-state index in [4.69, 9.17) is 0 Å². The summed E-state index contributed by atoms with van der Waals surface area (Å²) in [6, 6.07) is 13.5. The number of halogens is 2. The molecule has 2 nitrogen and oxygen atoms in total. The first-order valence-corrected chi connectivity index (χ1v) is 6.72. The molecule has 4 heteroatoms. The molecule has 0 aromatic heterocycles. The van der Waals surface area contributed by atoms with Gasteiger partial charge in [-0.25, -0.2) is 4.39 Å². The van der Waals surface area contributed by atoms with Crippen LogP contribution in [-0.4, -0.2) is 5.91 Å². The quantitative estimate of drug-likeness (QED) is 0.643. The van der Waals surface area contributed by atoms with E-state index in [0.717, 1.165) is 14.8 Å². The molecule has 1 amide bonds. The third-order valence-electron chi connectivity index (χ3n) is 2.43. The van der Waals surface area contributed by atoms with Crippen LogP contribution in [-0.2, 0) is 4.79 Å². The molecule has 0 aliphatic carbocycles. The predicted octanol–water partition coefficient (Wildman–Crippen LogP) is 4.08. The van der Waals surface area contributed by atoms with Crippen molar-refractivity contribution in [2.24, 2.45) is 0 Å². The average Bonchev–Trinajstić information content (AvgIpc) is 2.41. The van der Waals surface area contributed by atoms with Gasteiger partial charge in [-0.1, -0.05) is 24.3 Å². The zero-order valence-electron chi connectivity index (χ0n) is 9.94. The van der Waals surface area contributed by atoms with Crippen LogP contribution >= 0.6 is 22.6 Å². The van der Waals surface area contributed by atoms with Crippen LogP contribution in [0.2, 0.25) is 0 Å². The Kier molecular flexibility index (Phi) is 4.68. The van der Waals surface area contributed by atoms with Crippen LogP contribution < -0.4 is 5.32 Å². The van der Waals surface area contributed by atoms with Gasteiger partial charge >= 0.3 is 0 Å². The third kappa shape index (κ3) is 4.17. The Bertz CT molecular complexity index is 608. The zero-order chi connectivity index (χ0) is 13.7. The van der Waals surface area contributed by atoms with Crippen molar-refractivity contribution < 1.29 is 9.18 Å². The zero-order valence-corrected chi connectivity index (χ0v) is 12.1. The molecule has 0 spiro atoms. The normalized spacial score (nSPS) is 10.6. The number of para-hydroxylation sites is 1. The van der Waals surface area contributed by atoms with Crippen molar-refractivity contribution in [3.8, 4) is 0 Å². The lowest BCUT2D eigenvalue weighted by Gasteiger charge is -2.04. The predicted molar refractivity (Wildman–Crippen MR) is 83.2 cm³/mol. The SMILES string of the molecule is O=C(C=Cc1ccc(F)cc1)Nc1ccccc1I. The second-order valence-corrected chi connectivity index (χ2v) is 5.02. The molecule has 0 bridgehead atoms. The molecular weight excluding hydrogens is 356 g/mol. The highest BCUT2D eigenvalue weighted by molar-refractivity contribution is 14.1. The molecule has 0 radical (unpaired) electrons. The summed E-state index contributed by atoms with van der Waals surface area (Å²) in [5.41, 5.74) is 1.55. The number of carbonyl (C=O) groups excluding carboxylic acids is 1. The molecule has 0 saturated heterocycles. The lowest BCUT2D eigenvalue weighted by molar-refractivity contribution is -0.111. The molecule has 2 rings (SSSR count). The minimum Gasteiger partial charge on any atom is -0.322 e. The summed E-state index contributed by atoms with van der Waals surface area (Å²) >= 11 is 2.16. The van der Waals surface area contributed by atoms with Crippen molar-refractivity contribution in [1.82, 2.24) is 0 Å². The maximum Gasteiger partial charge on any atom is 0.248 e. The highest BCUT2D eigenvalue weighted by atomic mass is 127. The lowest BCUT2D eigenvalue weighted by atomic mass is 10.2. The summed E-state index contributed by atoms with van der Waals surface area (Å²) < 4.78 is 13.7. The summed E-state index contributed by atoms with van der Waals surface area (Å²) in [5.74, 6) is -0.506. The molecule has 2 aromatic rings. The van der Waals surface area contributed by atoms with Gasteiger partial charge in [0.2, 0.25) is 5.91 Å². The van der Waals surface area contributed by atoms with E-state index in [9.17, 15) is 9.18 Å². The van der Waals surface area contributed by atoms with E-state index in [-0.39, 0.29) is 11.7 Å². The molecule has 0 fully saturated rings. The van der Waals surface area contributed by atoms with Gasteiger partial charge in [-0.15, -0.1) is 0 Å². The minimum absolute atomic E-state index is 0.214. The smallest absolute Gasteiger partial charge is 0.248 e. The monoisotopic (exact) mass is 367 g/mol. The van der Waals surface area contributed by atoms with E-state index in [1.165, 1.54) is 18.2 Å². The van der Waals surface area contributed by atoms with Crippen molar-refractivity contribution in [1.29, 1.82) is 0 Å². The molecule has 0 saturated carbocycles. The summed E-state index contributed by atoms with van der Waals surface area (Å²) in [4.78, 5) is 11.7. The van der Waals surface area contributed by atoms with Gasteiger partial charge in [0.25, 0.3) is 0 Å². The van der Waals surface area contributed by atoms with Gasteiger partial charge in [0.1, 0.15) is 5.82 Å². The Morgan fingerprint density at radius 2 is 1.79 bits per heavy atom. The van der Waals surface area contributed by atoms with Crippen molar-refractivity contribution in [3.05, 3.63) is 69.6 Å². The minimum atomic E-state index is -0.291. The largest absolute Gasteiger partial charge is 0.322 e. The molecule has 0 heterocycles. The van der Waals surface area contributed by atoms with Crippen molar-refractivity contribution in [3.63, 3.8) is 0 Å². The maximum atomic E-state index is 12.7. The number of anilines is 1. The van der Waals surface area contributed by atoms with E-state index >= 15 is 0 Å². The van der Waals surface area contributed by atoms with E-state index in [0.29, 0.717) is 0 Å². The number of benzene rings is 2. The van der Waals surface area contributed by atoms with E-state index in [2.05, 4.69) is 27.9 Å². The second-order valence-electron chi connectivity index (χ2n) is 3.85. The molecule has 19 heavy (non-hydrogen) atoms. The number of hydrogen-bond donors (Lipinski definition) is 1. The number of carbonyl (C=O) groups is 1. The first-order chi connectivity index (χ1) is 9.15. The van der Waals surface area contributed by atoms with Crippen LogP contribution in [0.5, 0.6) is 0 Å². The van der Waals surface area contributed by atoms with E-state index in [1.54, 1.807) is 18.2 Å².